The minimum Gasteiger partial charge on any atom is -0.462 e. The Morgan fingerprint density at radius 3 is 2.38 bits per heavy atom. The predicted molar refractivity (Wildman–Crippen MR) is 130 cm³/mol. The molecule has 2 heterocycles. The number of ether oxygens (including phenoxy) is 2. The van der Waals surface area contributed by atoms with Gasteiger partial charge in [0, 0.05) is 23.5 Å². The van der Waals surface area contributed by atoms with E-state index in [2.05, 4.69) is 5.32 Å². The van der Waals surface area contributed by atoms with Crippen molar-refractivity contribution >= 4 is 38.2 Å². The SMILES string of the molecule is CCOC(=O)c1cc(-c2ccccc2)sc1NC(=O)c1ccc(S(=O)(=O)N2CCOCC2)cc1. The van der Waals surface area contributed by atoms with Gasteiger partial charge in [0.1, 0.15) is 5.00 Å². The molecular formula is C24H24N2O6S2. The van der Waals surface area contributed by atoms with E-state index in [0.29, 0.717) is 31.3 Å². The number of carbonyl (C=O) groups excluding carboxylic acids is 2. The van der Waals surface area contributed by atoms with E-state index in [1.54, 1.807) is 13.0 Å². The van der Waals surface area contributed by atoms with Crippen molar-refractivity contribution in [3.8, 4) is 10.4 Å². The maximum Gasteiger partial charge on any atom is 0.341 e. The molecule has 178 valence electrons. The first kappa shape index (κ1) is 24.1. The number of esters is 1. The van der Waals surface area contributed by atoms with Gasteiger partial charge in [-0.25, -0.2) is 13.2 Å². The molecule has 0 spiro atoms. The van der Waals surface area contributed by atoms with Gasteiger partial charge in [-0.2, -0.15) is 4.31 Å². The van der Waals surface area contributed by atoms with Gasteiger partial charge in [0.2, 0.25) is 10.0 Å². The second-order valence-electron chi connectivity index (χ2n) is 7.43. The van der Waals surface area contributed by atoms with Crippen molar-refractivity contribution in [3.63, 3.8) is 0 Å². The van der Waals surface area contributed by atoms with Crippen molar-refractivity contribution in [2.24, 2.45) is 0 Å². The summed E-state index contributed by atoms with van der Waals surface area (Å²) >= 11 is 1.27. The molecule has 1 saturated heterocycles. The fourth-order valence-corrected chi connectivity index (χ4v) is 5.93. The van der Waals surface area contributed by atoms with E-state index >= 15 is 0 Å². The first-order chi connectivity index (χ1) is 16.4. The highest BCUT2D eigenvalue weighted by atomic mass is 32.2. The van der Waals surface area contributed by atoms with E-state index in [0.717, 1.165) is 10.4 Å². The molecule has 0 atom stereocenters. The van der Waals surface area contributed by atoms with Crippen molar-refractivity contribution in [3.05, 3.63) is 71.8 Å². The number of rotatable bonds is 7. The third-order valence-electron chi connectivity index (χ3n) is 5.24. The fraction of sp³-hybridized carbons (Fsp3) is 0.250. The summed E-state index contributed by atoms with van der Waals surface area (Å²) < 4.78 is 37.3. The number of anilines is 1. The number of nitrogens with zero attached hydrogens (tertiary/aromatic N) is 1. The second kappa shape index (κ2) is 10.5. The summed E-state index contributed by atoms with van der Waals surface area (Å²) in [6.45, 7) is 3.23. The lowest BCUT2D eigenvalue weighted by Crippen LogP contribution is -2.40. The van der Waals surface area contributed by atoms with Crippen LogP contribution in [0.5, 0.6) is 0 Å². The Morgan fingerprint density at radius 2 is 1.74 bits per heavy atom. The zero-order valence-electron chi connectivity index (χ0n) is 18.5. The van der Waals surface area contributed by atoms with Gasteiger partial charge in [0.25, 0.3) is 5.91 Å². The van der Waals surface area contributed by atoms with Gasteiger partial charge >= 0.3 is 5.97 Å². The molecule has 1 aliphatic rings. The highest BCUT2D eigenvalue weighted by Crippen LogP contribution is 2.36. The van der Waals surface area contributed by atoms with E-state index in [4.69, 9.17) is 9.47 Å². The Hall–Kier alpha value is -3.05. The molecule has 4 rings (SSSR count). The summed E-state index contributed by atoms with van der Waals surface area (Å²) in [6.07, 6.45) is 0. The lowest BCUT2D eigenvalue weighted by molar-refractivity contribution is 0.0528. The van der Waals surface area contributed by atoms with Gasteiger partial charge in [0.15, 0.2) is 0 Å². The van der Waals surface area contributed by atoms with Crippen LogP contribution in [-0.2, 0) is 19.5 Å². The fourth-order valence-electron chi connectivity index (χ4n) is 3.48. The molecule has 0 bridgehead atoms. The highest BCUT2D eigenvalue weighted by Gasteiger charge is 2.26. The van der Waals surface area contributed by atoms with Gasteiger partial charge in [0.05, 0.1) is 30.3 Å². The number of nitrogens with one attached hydrogen (secondary N) is 1. The van der Waals surface area contributed by atoms with Crippen LogP contribution in [0.15, 0.2) is 65.6 Å². The predicted octanol–water partition coefficient (Wildman–Crippen LogP) is 3.87. The maximum atomic E-state index is 12.9. The maximum absolute atomic E-state index is 12.9. The van der Waals surface area contributed by atoms with Crippen LogP contribution in [0.4, 0.5) is 5.00 Å². The zero-order chi connectivity index (χ0) is 24.1. The summed E-state index contributed by atoms with van der Waals surface area (Å²) in [7, 11) is -3.65. The van der Waals surface area contributed by atoms with E-state index in [1.165, 1.54) is 39.9 Å². The monoisotopic (exact) mass is 500 g/mol. The first-order valence-corrected chi connectivity index (χ1v) is 13.0. The van der Waals surface area contributed by atoms with Gasteiger partial charge in [-0.1, -0.05) is 30.3 Å². The summed E-state index contributed by atoms with van der Waals surface area (Å²) in [4.78, 5) is 26.3. The lowest BCUT2D eigenvalue weighted by Gasteiger charge is -2.26. The largest absolute Gasteiger partial charge is 0.462 e. The van der Waals surface area contributed by atoms with Crippen molar-refractivity contribution in [1.29, 1.82) is 0 Å². The van der Waals surface area contributed by atoms with E-state index in [-0.39, 0.29) is 22.6 Å². The topological polar surface area (TPSA) is 102 Å². The smallest absolute Gasteiger partial charge is 0.341 e. The van der Waals surface area contributed by atoms with E-state index in [1.807, 2.05) is 30.3 Å². The van der Waals surface area contributed by atoms with Gasteiger partial charge in [-0.3, -0.25) is 4.79 Å². The average Bonchev–Trinajstić information content (AvgIpc) is 3.29. The molecule has 34 heavy (non-hydrogen) atoms. The van der Waals surface area contributed by atoms with Crippen molar-refractivity contribution in [2.75, 3.05) is 38.2 Å². The lowest BCUT2D eigenvalue weighted by atomic mass is 10.1. The average molecular weight is 501 g/mol. The van der Waals surface area contributed by atoms with Crippen LogP contribution >= 0.6 is 11.3 Å². The summed E-state index contributed by atoms with van der Waals surface area (Å²) in [6, 6.07) is 17.0. The Labute approximate surface area is 202 Å². The minimum absolute atomic E-state index is 0.112. The number of carbonyl (C=O) groups is 2. The normalized spacial score (nSPS) is 14.5. The van der Waals surface area contributed by atoms with Crippen LogP contribution in [-0.4, -0.2) is 57.5 Å². The molecule has 1 N–H and O–H groups in total. The third-order valence-corrected chi connectivity index (χ3v) is 8.25. The van der Waals surface area contributed by atoms with Crippen molar-refractivity contribution < 1.29 is 27.5 Å². The molecule has 1 aliphatic heterocycles. The standard InChI is InChI=1S/C24H24N2O6S2/c1-2-32-24(28)20-16-21(17-6-4-3-5-7-17)33-23(20)25-22(27)18-8-10-19(11-9-18)34(29,30)26-12-14-31-15-13-26/h3-11,16H,2,12-15H2,1H3,(H,25,27). The van der Waals surface area contributed by atoms with Crippen LogP contribution in [0.3, 0.4) is 0 Å². The summed E-state index contributed by atoms with van der Waals surface area (Å²) in [5, 5.41) is 3.15. The molecule has 1 amide bonds. The number of morpholine rings is 1. The summed E-state index contributed by atoms with van der Waals surface area (Å²) in [5.74, 6) is -0.981. The second-order valence-corrected chi connectivity index (χ2v) is 10.4. The van der Waals surface area contributed by atoms with Crippen molar-refractivity contribution in [2.45, 2.75) is 11.8 Å². The molecule has 2 aromatic carbocycles. The van der Waals surface area contributed by atoms with E-state index < -0.39 is 21.9 Å². The van der Waals surface area contributed by atoms with E-state index in [9.17, 15) is 18.0 Å². The van der Waals surface area contributed by atoms with Crippen molar-refractivity contribution in [1.82, 2.24) is 4.31 Å². The quantitative estimate of drug-likeness (QED) is 0.494. The third kappa shape index (κ3) is 5.20. The molecule has 0 unspecified atom stereocenters. The Kier molecular flexibility index (Phi) is 7.42. The Bertz CT molecular complexity index is 1260. The molecule has 8 nitrogen and oxygen atoms in total. The van der Waals surface area contributed by atoms with Crippen LogP contribution in [0.2, 0.25) is 0 Å². The molecule has 1 aromatic heterocycles. The van der Waals surface area contributed by atoms with Crippen LogP contribution in [0.1, 0.15) is 27.6 Å². The molecule has 10 heteroatoms. The van der Waals surface area contributed by atoms with Crippen LogP contribution in [0, 0.1) is 0 Å². The number of thiophene rings is 1. The highest BCUT2D eigenvalue weighted by molar-refractivity contribution is 7.89. The molecule has 0 aliphatic carbocycles. The van der Waals surface area contributed by atoms with Gasteiger partial charge in [-0.05, 0) is 42.8 Å². The molecule has 3 aromatic rings. The Morgan fingerprint density at radius 1 is 1.06 bits per heavy atom. The number of hydrogen-bond donors (Lipinski definition) is 1. The van der Waals surface area contributed by atoms with Crippen LogP contribution < -0.4 is 5.32 Å². The van der Waals surface area contributed by atoms with Gasteiger partial charge < -0.3 is 14.8 Å². The van der Waals surface area contributed by atoms with Crippen LogP contribution in [0.25, 0.3) is 10.4 Å². The molecule has 0 saturated carbocycles. The molecular weight excluding hydrogens is 476 g/mol. The zero-order valence-corrected chi connectivity index (χ0v) is 20.2. The molecule has 1 fully saturated rings. The van der Waals surface area contributed by atoms with Gasteiger partial charge in [-0.15, -0.1) is 11.3 Å². The first-order valence-electron chi connectivity index (χ1n) is 10.8. The number of benzene rings is 2. The molecule has 0 radical (unpaired) electrons. The number of hydrogen-bond acceptors (Lipinski definition) is 7. The Balaban J connectivity index is 1.56. The number of amides is 1. The minimum atomic E-state index is -3.65. The summed E-state index contributed by atoms with van der Waals surface area (Å²) in [5.41, 5.74) is 1.45. The number of sulfonamides is 1.